The molecule has 1 heterocycles. The minimum atomic E-state index is -0.365. The van der Waals surface area contributed by atoms with E-state index in [1.165, 1.54) is 18.2 Å². The van der Waals surface area contributed by atoms with Crippen molar-refractivity contribution >= 4 is 34.4 Å². The highest BCUT2D eigenvalue weighted by Crippen LogP contribution is 2.36. The fourth-order valence-corrected chi connectivity index (χ4v) is 4.63. The number of amidine groups is 1. The largest absolute Gasteiger partial charge is 0.356 e. The van der Waals surface area contributed by atoms with Crippen LogP contribution in [-0.2, 0) is 9.59 Å². The predicted molar refractivity (Wildman–Crippen MR) is 102 cm³/mol. The lowest BCUT2D eigenvalue weighted by molar-refractivity contribution is -0.130. The quantitative estimate of drug-likeness (QED) is 0.875. The molecular weight excluding hydrogens is 334 g/mol. The van der Waals surface area contributed by atoms with E-state index in [9.17, 15) is 9.59 Å². The van der Waals surface area contributed by atoms with Crippen molar-refractivity contribution in [2.45, 2.75) is 56.7 Å². The molecule has 2 aliphatic rings. The number of para-hydroxylation sites is 1. The van der Waals surface area contributed by atoms with Gasteiger partial charge in [-0.05, 0) is 31.9 Å². The van der Waals surface area contributed by atoms with Gasteiger partial charge in [0.05, 0.1) is 5.69 Å². The zero-order valence-electron chi connectivity index (χ0n) is 14.6. The summed E-state index contributed by atoms with van der Waals surface area (Å²) >= 11 is 1.44. The summed E-state index contributed by atoms with van der Waals surface area (Å²) in [5.41, 5.74) is 0.845. The number of rotatable bonds is 5. The molecule has 1 aliphatic carbocycles. The average Bonchev–Trinajstić information content (AvgIpc) is 2.92. The van der Waals surface area contributed by atoms with Gasteiger partial charge in [0.15, 0.2) is 5.17 Å². The van der Waals surface area contributed by atoms with E-state index in [4.69, 9.17) is 4.99 Å². The third-order valence-corrected chi connectivity index (χ3v) is 5.78. The van der Waals surface area contributed by atoms with Crippen molar-refractivity contribution in [3.05, 3.63) is 30.3 Å². The number of nitrogens with one attached hydrogen (secondary N) is 1. The number of aliphatic imine (C=N–C) groups is 1. The van der Waals surface area contributed by atoms with Crippen LogP contribution in [0.4, 0.5) is 5.69 Å². The molecular formula is C19H25N3O2S. The number of nitrogens with zero attached hydrogens (tertiary/aromatic N) is 2. The second-order valence-corrected chi connectivity index (χ2v) is 7.66. The van der Waals surface area contributed by atoms with Crippen LogP contribution >= 0.6 is 11.8 Å². The van der Waals surface area contributed by atoms with E-state index in [0.29, 0.717) is 6.54 Å². The molecule has 5 nitrogen and oxygen atoms in total. The van der Waals surface area contributed by atoms with Gasteiger partial charge in [0.2, 0.25) is 11.8 Å². The first-order valence-corrected chi connectivity index (χ1v) is 9.97. The molecule has 134 valence electrons. The number of hydrogen-bond acceptors (Lipinski definition) is 4. The van der Waals surface area contributed by atoms with Crippen molar-refractivity contribution in [2.24, 2.45) is 4.99 Å². The molecule has 25 heavy (non-hydrogen) atoms. The van der Waals surface area contributed by atoms with E-state index in [2.05, 4.69) is 5.32 Å². The second-order valence-electron chi connectivity index (χ2n) is 6.49. The summed E-state index contributed by atoms with van der Waals surface area (Å²) in [6.07, 6.45) is 5.80. The maximum absolute atomic E-state index is 13.0. The molecule has 0 spiro atoms. The molecule has 2 fully saturated rings. The number of amides is 2. The molecule has 1 aliphatic heterocycles. The lowest BCUT2D eigenvalue weighted by atomic mass is 9.94. The number of benzene rings is 1. The summed E-state index contributed by atoms with van der Waals surface area (Å²) in [6, 6.07) is 9.93. The van der Waals surface area contributed by atoms with E-state index in [0.717, 1.165) is 36.5 Å². The Morgan fingerprint density at radius 3 is 2.64 bits per heavy atom. The number of carbonyl (C=O) groups excluding carboxylic acids is 2. The van der Waals surface area contributed by atoms with Gasteiger partial charge in [-0.15, -0.1) is 0 Å². The molecule has 3 rings (SSSR count). The molecule has 0 radical (unpaired) electrons. The van der Waals surface area contributed by atoms with Crippen LogP contribution in [0.2, 0.25) is 0 Å². The Balaban J connectivity index is 1.83. The molecule has 1 saturated heterocycles. The van der Waals surface area contributed by atoms with Crippen LogP contribution in [0.5, 0.6) is 0 Å². The third kappa shape index (κ3) is 4.42. The first-order chi connectivity index (χ1) is 12.2. The predicted octanol–water partition coefficient (Wildman–Crippen LogP) is 3.48. The molecule has 2 amide bonds. The first kappa shape index (κ1) is 18.0. The van der Waals surface area contributed by atoms with Gasteiger partial charge in [-0.1, -0.05) is 49.2 Å². The molecule has 1 atom stereocenters. The van der Waals surface area contributed by atoms with Crippen molar-refractivity contribution in [1.29, 1.82) is 0 Å². The van der Waals surface area contributed by atoms with Crippen molar-refractivity contribution in [3.8, 4) is 0 Å². The van der Waals surface area contributed by atoms with Crippen LogP contribution in [0, 0.1) is 0 Å². The fourth-order valence-electron chi connectivity index (χ4n) is 3.42. The Kier molecular flexibility index (Phi) is 6.13. The van der Waals surface area contributed by atoms with Gasteiger partial charge < -0.3 is 5.32 Å². The summed E-state index contributed by atoms with van der Waals surface area (Å²) in [4.78, 5) is 31.5. The highest BCUT2D eigenvalue weighted by Gasteiger charge is 2.42. The molecule has 1 unspecified atom stereocenters. The molecule has 0 bridgehead atoms. The Morgan fingerprint density at radius 1 is 1.24 bits per heavy atom. The molecule has 1 aromatic rings. The Hall–Kier alpha value is -1.82. The van der Waals surface area contributed by atoms with E-state index >= 15 is 0 Å². The van der Waals surface area contributed by atoms with Crippen LogP contribution in [0.3, 0.4) is 0 Å². The molecule has 6 heteroatoms. The summed E-state index contributed by atoms with van der Waals surface area (Å²) in [7, 11) is 0. The minimum Gasteiger partial charge on any atom is -0.356 e. The maximum Gasteiger partial charge on any atom is 0.242 e. The standard InChI is InChI=1S/C19H25N3O2S/c1-2-20-17(23)13-16-18(24)22(15-11-7-4-8-12-15)19(25-16)21-14-9-5-3-6-10-14/h3,5-6,9-10,15-16H,2,4,7-8,11-13H2,1H3,(H,20,23). The third-order valence-electron chi connectivity index (χ3n) is 4.63. The maximum atomic E-state index is 13.0. The van der Waals surface area contributed by atoms with Crippen molar-refractivity contribution in [1.82, 2.24) is 10.2 Å². The van der Waals surface area contributed by atoms with Gasteiger partial charge in [-0.3, -0.25) is 14.5 Å². The zero-order chi connectivity index (χ0) is 17.6. The van der Waals surface area contributed by atoms with Crippen molar-refractivity contribution < 1.29 is 9.59 Å². The van der Waals surface area contributed by atoms with Gasteiger partial charge in [-0.2, -0.15) is 0 Å². The summed E-state index contributed by atoms with van der Waals surface area (Å²) in [6.45, 7) is 2.47. The van der Waals surface area contributed by atoms with Crippen LogP contribution in [0.25, 0.3) is 0 Å². The van der Waals surface area contributed by atoms with Crippen molar-refractivity contribution in [2.75, 3.05) is 6.54 Å². The molecule has 1 aromatic carbocycles. The topological polar surface area (TPSA) is 61.8 Å². The second kappa shape index (κ2) is 8.52. The monoisotopic (exact) mass is 359 g/mol. The number of hydrogen-bond donors (Lipinski definition) is 1. The summed E-state index contributed by atoms with van der Waals surface area (Å²) < 4.78 is 0. The average molecular weight is 359 g/mol. The van der Waals surface area contributed by atoms with E-state index < -0.39 is 0 Å². The smallest absolute Gasteiger partial charge is 0.242 e. The van der Waals surface area contributed by atoms with Gasteiger partial charge in [-0.25, -0.2) is 4.99 Å². The Labute approximate surface area is 153 Å². The van der Waals surface area contributed by atoms with Crippen LogP contribution < -0.4 is 5.32 Å². The SMILES string of the molecule is CCNC(=O)CC1SC(=Nc2ccccc2)N(C2CCCCC2)C1=O. The van der Waals surface area contributed by atoms with Crippen LogP contribution in [0.1, 0.15) is 45.4 Å². The van der Waals surface area contributed by atoms with Gasteiger partial charge in [0.25, 0.3) is 0 Å². The fraction of sp³-hybridized carbons (Fsp3) is 0.526. The number of carbonyl (C=O) groups is 2. The summed E-state index contributed by atoms with van der Waals surface area (Å²) in [5, 5.41) is 3.17. The normalized spacial score (nSPS) is 23.2. The van der Waals surface area contributed by atoms with Gasteiger partial charge in [0.1, 0.15) is 5.25 Å². The highest BCUT2D eigenvalue weighted by atomic mass is 32.2. The molecule has 1 N–H and O–H groups in total. The summed E-state index contributed by atoms with van der Waals surface area (Å²) in [5.74, 6) is -0.0317. The minimum absolute atomic E-state index is 0.0397. The van der Waals surface area contributed by atoms with Crippen LogP contribution in [-0.4, -0.2) is 39.7 Å². The highest BCUT2D eigenvalue weighted by molar-refractivity contribution is 8.15. The zero-order valence-corrected chi connectivity index (χ0v) is 15.4. The Bertz CT molecular complexity index is 641. The Morgan fingerprint density at radius 2 is 1.96 bits per heavy atom. The van der Waals surface area contributed by atoms with E-state index in [-0.39, 0.29) is 29.5 Å². The lowest BCUT2D eigenvalue weighted by Crippen LogP contribution is -2.42. The van der Waals surface area contributed by atoms with Crippen molar-refractivity contribution in [3.63, 3.8) is 0 Å². The van der Waals surface area contributed by atoms with Crippen LogP contribution in [0.15, 0.2) is 35.3 Å². The van der Waals surface area contributed by atoms with Gasteiger partial charge >= 0.3 is 0 Å². The van der Waals surface area contributed by atoms with E-state index in [1.807, 2.05) is 42.2 Å². The lowest BCUT2D eigenvalue weighted by Gasteiger charge is -2.30. The molecule has 0 aromatic heterocycles. The first-order valence-electron chi connectivity index (χ1n) is 9.09. The molecule has 1 saturated carbocycles. The number of thioether (sulfide) groups is 1. The van der Waals surface area contributed by atoms with E-state index in [1.54, 1.807) is 0 Å². The van der Waals surface area contributed by atoms with Gasteiger partial charge in [0, 0.05) is 19.0 Å².